The van der Waals surface area contributed by atoms with Crippen LogP contribution in [0.5, 0.6) is 0 Å². The topological polar surface area (TPSA) is 118 Å². The van der Waals surface area contributed by atoms with E-state index in [0.717, 1.165) is 35.2 Å². The van der Waals surface area contributed by atoms with Crippen molar-refractivity contribution < 1.29 is 27.1 Å². The van der Waals surface area contributed by atoms with Crippen LogP contribution in [0.25, 0.3) is 10.8 Å². The largest absolute Gasteiger partial charge is 0.444 e. The van der Waals surface area contributed by atoms with Gasteiger partial charge in [0.1, 0.15) is 11.3 Å². The summed E-state index contributed by atoms with van der Waals surface area (Å²) in [5.74, 6) is 0.0572. The van der Waals surface area contributed by atoms with Crippen molar-refractivity contribution in [2.24, 2.45) is 0 Å². The van der Waals surface area contributed by atoms with Crippen molar-refractivity contribution in [2.45, 2.75) is 102 Å². The first kappa shape index (κ1) is 30.5. The molecule has 2 N–H and O–H groups in total. The van der Waals surface area contributed by atoms with E-state index < -0.39 is 27.4 Å². The summed E-state index contributed by atoms with van der Waals surface area (Å²) in [6, 6.07) is 8.89. The Labute approximate surface area is 257 Å². The number of carbonyl (C=O) groups excluding carboxylic acids is 2. The molecule has 3 aromatic rings. The molecule has 0 saturated heterocycles. The lowest BCUT2D eigenvalue weighted by Gasteiger charge is -2.24. The monoisotopic (exact) mass is 622 g/mol. The van der Waals surface area contributed by atoms with Gasteiger partial charge in [-0.2, -0.15) is 0 Å². The normalized spacial score (nSPS) is 18.3. The molecule has 1 atom stereocenters. The first-order chi connectivity index (χ1) is 20.6. The van der Waals surface area contributed by atoms with Crippen LogP contribution < -0.4 is 10.0 Å². The van der Waals surface area contributed by atoms with Crippen molar-refractivity contribution in [3.8, 4) is 0 Å². The van der Waals surface area contributed by atoms with E-state index in [0.29, 0.717) is 53.7 Å². The average Bonchev–Trinajstić information content (AvgIpc) is 3.56. The minimum Gasteiger partial charge on any atom is -0.444 e. The van der Waals surface area contributed by atoms with E-state index in [-0.39, 0.29) is 23.4 Å². The van der Waals surface area contributed by atoms with Gasteiger partial charge in [-0.25, -0.2) is 22.3 Å². The summed E-state index contributed by atoms with van der Waals surface area (Å²) in [6.45, 7) is 8.54. The van der Waals surface area contributed by atoms with Crippen LogP contribution in [0, 0.1) is 0 Å². The predicted octanol–water partition coefficient (Wildman–Crippen LogP) is 5.29. The summed E-state index contributed by atoms with van der Waals surface area (Å²) in [6.07, 6.45) is 4.15. The number of benzene rings is 2. The lowest BCUT2D eigenvalue weighted by molar-refractivity contribution is 0.0241. The van der Waals surface area contributed by atoms with E-state index in [1.807, 2.05) is 39.0 Å². The Balaban J connectivity index is 1.24. The number of nitrogens with one attached hydrogen (secondary N) is 2. The SMILES string of the molecule is CC(C)(F)CNS(=O)(=O)c1c2c(cc3cnc(C4CC4)cc13)C[C@@H](NC(=O)c1ccc3c(c1)CN(C(=O)OC(C)(C)C)C3)C2. The van der Waals surface area contributed by atoms with Crippen LogP contribution in [0.3, 0.4) is 0 Å². The third-order valence-electron chi connectivity index (χ3n) is 8.23. The number of carbonyl (C=O) groups is 2. The number of hydrogen-bond acceptors (Lipinski definition) is 6. The van der Waals surface area contributed by atoms with Crippen molar-refractivity contribution in [3.05, 3.63) is 70.0 Å². The highest BCUT2D eigenvalue weighted by Crippen LogP contribution is 2.42. The van der Waals surface area contributed by atoms with E-state index in [4.69, 9.17) is 4.74 Å². The van der Waals surface area contributed by atoms with Gasteiger partial charge in [0, 0.05) is 59.8 Å². The Kier molecular flexibility index (Phi) is 7.48. The van der Waals surface area contributed by atoms with Gasteiger partial charge in [0.25, 0.3) is 5.91 Å². The van der Waals surface area contributed by atoms with Gasteiger partial charge < -0.3 is 10.1 Å². The van der Waals surface area contributed by atoms with Crippen LogP contribution in [-0.4, -0.2) is 54.2 Å². The molecule has 0 unspecified atom stereocenters. The molecule has 1 saturated carbocycles. The van der Waals surface area contributed by atoms with Gasteiger partial charge in [-0.15, -0.1) is 0 Å². The quantitative estimate of drug-likeness (QED) is 0.370. The van der Waals surface area contributed by atoms with E-state index in [1.165, 1.54) is 13.8 Å². The van der Waals surface area contributed by atoms with Crippen LogP contribution >= 0.6 is 0 Å². The van der Waals surface area contributed by atoms with Crippen LogP contribution in [0.4, 0.5) is 9.18 Å². The fourth-order valence-corrected chi connectivity index (χ4v) is 7.66. The number of hydrogen-bond donors (Lipinski definition) is 2. The molecule has 2 amide bonds. The molecular weight excluding hydrogens is 583 g/mol. The summed E-state index contributed by atoms with van der Waals surface area (Å²) >= 11 is 0. The van der Waals surface area contributed by atoms with E-state index >= 15 is 0 Å². The van der Waals surface area contributed by atoms with Gasteiger partial charge in [-0.05, 0) is 107 Å². The summed E-state index contributed by atoms with van der Waals surface area (Å²) in [5.41, 5.74) is 2.32. The zero-order chi connectivity index (χ0) is 31.6. The zero-order valence-corrected chi connectivity index (χ0v) is 26.6. The predicted molar refractivity (Wildman–Crippen MR) is 165 cm³/mol. The molecule has 0 spiro atoms. The molecule has 0 bridgehead atoms. The number of nitrogens with zero attached hydrogens (tertiary/aromatic N) is 2. The molecule has 2 heterocycles. The summed E-state index contributed by atoms with van der Waals surface area (Å²) in [5, 5.41) is 4.37. The van der Waals surface area contributed by atoms with Crippen LogP contribution in [0.2, 0.25) is 0 Å². The average molecular weight is 623 g/mol. The molecule has 1 aliphatic heterocycles. The van der Waals surface area contributed by atoms with Gasteiger partial charge in [0.15, 0.2) is 0 Å². The first-order valence-electron chi connectivity index (χ1n) is 15.1. The Bertz CT molecular complexity index is 1770. The van der Waals surface area contributed by atoms with E-state index in [1.54, 1.807) is 23.2 Å². The van der Waals surface area contributed by atoms with Crippen molar-refractivity contribution in [1.29, 1.82) is 0 Å². The molecular formula is C33H39FN4O5S. The molecule has 9 nitrogen and oxygen atoms in total. The number of alkyl halides is 1. The third kappa shape index (κ3) is 6.44. The maximum atomic E-state index is 14.4. The van der Waals surface area contributed by atoms with Crippen LogP contribution in [0.15, 0.2) is 41.4 Å². The second-order valence-electron chi connectivity index (χ2n) is 13.9. The number of pyridine rings is 1. The number of halogens is 1. The van der Waals surface area contributed by atoms with Crippen molar-refractivity contribution >= 4 is 32.8 Å². The Morgan fingerprint density at radius 3 is 2.43 bits per heavy atom. The van der Waals surface area contributed by atoms with Crippen molar-refractivity contribution in [1.82, 2.24) is 19.9 Å². The Morgan fingerprint density at radius 2 is 1.75 bits per heavy atom. The summed E-state index contributed by atoms with van der Waals surface area (Å²) in [7, 11) is -4.08. The number of aromatic nitrogens is 1. The molecule has 1 fully saturated rings. The number of rotatable bonds is 7. The molecule has 11 heteroatoms. The first-order valence-corrected chi connectivity index (χ1v) is 16.6. The lowest BCUT2D eigenvalue weighted by Crippen LogP contribution is -2.36. The minimum absolute atomic E-state index is 0.148. The number of ether oxygens (including phenoxy) is 1. The lowest BCUT2D eigenvalue weighted by atomic mass is 10.0. The molecule has 234 valence electrons. The Hall–Kier alpha value is -3.57. The molecule has 3 aliphatic rings. The number of amides is 2. The zero-order valence-electron chi connectivity index (χ0n) is 25.8. The van der Waals surface area contributed by atoms with Gasteiger partial charge >= 0.3 is 6.09 Å². The second kappa shape index (κ2) is 10.8. The molecule has 1 aromatic heterocycles. The number of sulfonamides is 1. The van der Waals surface area contributed by atoms with Gasteiger partial charge in [-0.3, -0.25) is 14.7 Å². The molecule has 44 heavy (non-hydrogen) atoms. The fraction of sp³-hybridized carbons (Fsp3) is 0.485. The van der Waals surface area contributed by atoms with Gasteiger partial charge in [0.05, 0.1) is 4.90 Å². The highest BCUT2D eigenvalue weighted by molar-refractivity contribution is 7.89. The van der Waals surface area contributed by atoms with Gasteiger partial charge in [-0.1, -0.05) is 6.07 Å². The summed E-state index contributed by atoms with van der Waals surface area (Å²) < 4.78 is 49.8. The molecule has 2 aliphatic carbocycles. The van der Waals surface area contributed by atoms with E-state index in [2.05, 4.69) is 15.0 Å². The van der Waals surface area contributed by atoms with Gasteiger partial charge in [0.2, 0.25) is 10.0 Å². The summed E-state index contributed by atoms with van der Waals surface area (Å²) in [4.78, 5) is 32.3. The maximum absolute atomic E-state index is 14.4. The minimum atomic E-state index is -4.08. The highest BCUT2D eigenvalue weighted by Gasteiger charge is 2.35. The Morgan fingerprint density at radius 1 is 1.02 bits per heavy atom. The second-order valence-corrected chi connectivity index (χ2v) is 15.6. The van der Waals surface area contributed by atoms with Crippen molar-refractivity contribution in [3.63, 3.8) is 0 Å². The highest BCUT2D eigenvalue weighted by atomic mass is 32.2. The van der Waals surface area contributed by atoms with Crippen LogP contribution in [0.1, 0.15) is 91.7 Å². The molecule has 2 aromatic carbocycles. The standard InChI is InChI=1S/C33H39FN4O5S/c1-32(2,3)43-31(40)38-16-21-9-8-20(10-24(21)17-38)30(39)37-25-12-22-11-23-15-35-28(19-6-7-19)14-27(23)29(26(22)13-25)44(41,42)36-18-33(4,5)34/h8-11,14-15,19,25,36H,6-7,12-13,16-18H2,1-5H3,(H,37,39)/t25-/m1/s1. The van der Waals surface area contributed by atoms with E-state index in [9.17, 15) is 22.4 Å². The van der Waals surface area contributed by atoms with Crippen LogP contribution in [-0.2, 0) is 40.7 Å². The van der Waals surface area contributed by atoms with Crippen molar-refractivity contribution in [2.75, 3.05) is 6.54 Å². The molecule has 6 rings (SSSR count). The smallest absolute Gasteiger partial charge is 0.410 e. The molecule has 0 radical (unpaired) electrons. The third-order valence-corrected chi connectivity index (χ3v) is 9.76. The maximum Gasteiger partial charge on any atom is 0.410 e. The fourth-order valence-electron chi connectivity index (χ4n) is 5.98. The number of fused-ring (bicyclic) bond motifs is 3.